The molecule has 0 atom stereocenters. The molecular weight excluding hydrogens is 250 g/mol. The molecule has 0 bridgehead atoms. The second kappa shape index (κ2) is 5.99. The van der Waals surface area contributed by atoms with Crippen molar-refractivity contribution in [1.82, 2.24) is 4.90 Å². The first-order valence-electron chi connectivity index (χ1n) is 7.02. The number of carbonyl (C=O) groups excluding carboxylic acids is 1. The number of allylic oxidation sites excluding steroid dienone is 1. The van der Waals surface area contributed by atoms with E-state index in [1.165, 1.54) is 11.3 Å². The lowest BCUT2D eigenvalue weighted by Crippen LogP contribution is -2.48. The molecule has 0 aliphatic carbocycles. The second-order valence-corrected chi connectivity index (χ2v) is 5.58. The van der Waals surface area contributed by atoms with Crippen LogP contribution in [0.25, 0.3) is 0 Å². The van der Waals surface area contributed by atoms with Crippen LogP contribution in [0.4, 0.5) is 11.4 Å². The smallest absolute Gasteiger partial charge is 0.246 e. The van der Waals surface area contributed by atoms with E-state index in [4.69, 9.17) is 5.73 Å². The van der Waals surface area contributed by atoms with E-state index in [-0.39, 0.29) is 5.91 Å². The summed E-state index contributed by atoms with van der Waals surface area (Å²) < 4.78 is 0. The molecule has 0 aromatic heterocycles. The Morgan fingerprint density at radius 2 is 1.85 bits per heavy atom. The summed E-state index contributed by atoms with van der Waals surface area (Å²) in [4.78, 5) is 16.2. The van der Waals surface area contributed by atoms with Gasteiger partial charge in [-0.25, -0.2) is 0 Å². The molecule has 1 fully saturated rings. The van der Waals surface area contributed by atoms with Gasteiger partial charge in [0.25, 0.3) is 0 Å². The third-order valence-electron chi connectivity index (χ3n) is 3.57. The Hall–Kier alpha value is -1.97. The molecule has 2 rings (SSSR count). The number of rotatable bonds is 2. The highest BCUT2D eigenvalue weighted by Crippen LogP contribution is 2.23. The number of nitrogens with two attached hydrogens (primary N) is 1. The molecule has 0 saturated carbocycles. The van der Waals surface area contributed by atoms with Crippen LogP contribution in [-0.4, -0.2) is 37.0 Å². The molecule has 4 nitrogen and oxygen atoms in total. The lowest BCUT2D eigenvalue weighted by Gasteiger charge is -2.36. The van der Waals surface area contributed by atoms with E-state index < -0.39 is 0 Å². The number of benzene rings is 1. The first-order valence-corrected chi connectivity index (χ1v) is 7.02. The van der Waals surface area contributed by atoms with Gasteiger partial charge in [0.2, 0.25) is 5.91 Å². The van der Waals surface area contributed by atoms with Gasteiger partial charge in [0, 0.05) is 43.6 Å². The number of hydrogen-bond acceptors (Lipinski definition) is 3. The average Bonchev–Trinajstić information content (AvgIpc) is 2.38. The molecule has 1 heterocycles. The molecule has 2 N–H and O–H groups in total. The van der Waals surface area contributed by atoms with Gasteiger partial charge < -0.3 is 15.5 Å². The van der Waals surface area contributed by atoms with Gasteiger partial charge in [0.05, 0.1) is 0 Å². The predicted octanol–water partition coefficient (Wildman–Crippen LogP) is 2.19. The Morgan fingerprint density at radius 1 is 1.20 bits per heavy atom. The van der Waals surface area contributed by atoms with Gasteiger partial charge in [0.1, 0.15) is 0 Å². The van der Waals surface area contributed by atoms with Crippen LogP contribution in [0.5, 0.6) is 0 Å². The van der Waals surface area contributed by atoms with Gasteiger partial charge >= 0.3 is 0 Å². The highest BCUT2D eigenvalue weighted by atomic mass is 16.2. The fraction of sp³-hybridized carbons (Fsp3) is 0.438. The standard InChI is InChI=1S/C16H23N3O/c1-12(2)10-16(20)19-8-6-18(7-9-19)15-5-4-14(17)11-13(15)3/h4-5,10-11H,6-9,17H2,1-3H3. The number of anilines is 2. The van der Waals surface area contributed by atoms with Crippen LogP contribution >= 0.6 is 0 Å². The Labute approximate surface area is 120 Å². The highest BCUT2D eigenvalue weighted by Gasteiger charge is 2.20. The molecule has 0 radical (unpaired) electrons. The zero-order valence-corrected chi connectivity index (χ0v) is 12.5. The number of amides is 1. The minimum absolute atomic E-state index is 0.124. The van der Waals surface area contributed by atoms with Gasteiger partial charge in [-0.1, -0.05) is 5.57 Å². The summed E-state index contributed by atoms with van der Waals surface area (Å²) in [7, 11) is 0. The summed E-state index contributed by atoms with van der Waals surface area (Å²) in [6.07, 6.45) is 1.71. The van der Waals surface area contributed by atoms with Gasteiger partial charge in [-0.05, 0) is 44.5 Å². The van der Waals surface area contributed by atoms with Crippen LogP contribution in [0.1, 0.15) is 19.4 Å². The molecule has 108 valence electrons. The molecule has 4 heteroatoms. The second-order valence-electron chi connectivity index (χ2n) is 5.58. The Bertz CT molecular complexity index is 525. The zero-order chi connectivity index (χ0) is 14.7. The summed E-state index contributed by atoms with van der Waals surface area (Å²) in [5.41, 5.74) is 10.0. The average molecular weight is 273 g/mol. The number of nitrogen functional groups attached to an aromatic ring is 1. The molecule has 1 saturated heterocycles. The van der Waals surface area contributed by atoms with Crippen molar-refractivity contribution in [2.75, 3.05) is 36.8 Å². The lowest BCUT2D eigenvalue weighted by atomic mass is 10.1. The monoisotopic (exact) mass is 273 g/mol. The van der Waals surface area contributed by atoms with E-state index in [2.05, 4.69) is 17.9 Å². The molecule has 1 aliphatic rings. The quantitative estimate of drug-likeness (QED) is 0.664. The van der Waals surface area contributed by atoms with Crippen molar-refractivity contribution in [3.05, 3.63) is 35.4 Å². The van der Waals surface area contributed by atoms with Crippen LogP contribution in [0, 0.1) is 6.92 Å². The van der Waals surface area contributed by atoms with E-state index in [9.17, 15) is 4.79 Å². The summed E-state index contributed by atoms with van der Waals surface area (Å²) in [5.74, 6) is 0.124. The van der Waals surface area contributed by atoms with Crippen molar-refractivity contribution in [1.29, 1.82) is 0 Å². The van der Waals surface area contributed by atoms with Crippen LogP contribution in [0.2, 0.25) is 0 Å². The van der Waals surface area contributed by atoms with Crippen molar-refractivity contribution in [3.8, 4) is 0 Å². The van der Waals surface area contributed by atoms with Crippen LogP contribution in [0.15, 0.2) is 29.8 Å². The Morgan fingerprint density at radius 3 is 2.40 bits per heavy atom. The van der Waals surface area contributed by atoms with E-state index in [0.29, 0.717) is 0 Å². The summed E-state index contributed by atoms with van der Waals surface area (Å²) in [6, 6.07) is 6.00. The molecule has 1 aliphatic heterocycles. The zero-order valence-electron chi connectivity index (χ0n) is 12.5. The molecule has 1 aromatic rings. The number of aryl methyl sites for hydroxylation is 1. The number of piperazine rings is 1. The summed E-state index contributed by atoms with van der Waals surface area (Å²) in [5, 5.41) is 0. The predicted molar refractivity (Wildman–Crippen MR) is 83.8 cm³/mol. The van der Waals surface area contributed by atoms with Crippen LogP contribution < -0.4 is 10.6 Å². The molecule has 0 unspecified atom stereocenters. The summed E-state index contributed by atoms with van der Waals surface area (Å²) >= 11 is 0. The lowest BCUT2D eigenvalue weighted by molar-refractivity contribution is -0.126. The van der Waals surface area contributed by atoms with Crippen molar-refractivity contribution in [3.63, 3.8) is 0 Å². The fourth-order valence-corrected chi connectivity index (χ4v) is 2.54. The minimum Gasteiger partial charge on any atom is -0.399 e. The topological polar surface area (TPSA) is 49.6 Å². The maximum Gasteiger partial charge on any atom is 0.246 e. The van der Waals surface area contributed by atoms with Gasteiger partial charge in [-0.3, -0.25) is 4.79 Å². The minimum atomic E-state index is 0.124. The SMILES string of the molecule is CC(C)=CC(=O)N1CCN(c2ccc(N)cc2C)CC1. The number of hydrogen-bond donors (Lipinski definition) is 1. The summed E-state index contributed by atoms with van der Waals surface area (Å²) in [6.45, 7) is 9.25. The Balaban J connectivity index is 2.01. The fourth-order valence-electron chi connectivity index (χ4n) is 2.54. The maximum atomic E-state index is 12.0. The van der Waals surface area contributed by atoms with Gasteiger partial charge in [-0.2, -0.15) is 0 Å². The van der Waals surface area contributed by atoms with Crippen molar-refractivity contribution >= 4 is 17.3 Å². The molecule has 0 spiro atoms. The molecular formula is C16H23N3O. The highest BCUT2D eigenvalue weighted by molar-refractivity contribution is 5.88. The third-order valence-corrected chi connectivity index (χ3v) is 3.57. The van der Waals surface area contributed by atoms with Gasteiger partial charge in [-0.15, -0.1) is 0 Å². The van der Waals surface area contributed by atoms with Crippen LogP contribution in [0.3, 0.4) is 0 Å². The maximum absolute atomic E-state index is 12.0. The van der Waals surface area contributed by atoms with E-state index in [0.717, 1.165) is 37.4 Å². The van der Waals surface area contributed by atoms with E-state index in [1.54, 1.807) is 6.08 Å². The van der Waals surface area contributed by atoms with E-state index >= 15 is 0 Å². The van der Waals surface area contributed by atoms with Crippen molar-refractivity contribution < 1.29 is 4.79 Å². The first kappa shape index (κ1) is 14.4. The van der Waals surface area contributed by atoms with Gasteiger partial charge in [0.15, 0.2) is 0 Å². The molecule has 20 heavy (non-hydrogen) atoms. The van der Waals surface area contributed by atoms with Crippen LogP contribution in [-0.2, 0) is 4.79 Å². The number of nitrogens with zero attached hydrogens (tertiary/aromatic N) is 2. The normalized spacial score (nSPS) is 15.2. The first-order chi connectivity index (χ1) is 9.47. The Kier molecular flexibility index (Phi) is 4.32. The van der Waals surface area contributed by atoms with Crippen molar-refractivity contribution in [2.45, 2.75) is 20.8 Å². The third kappa shape index (κ3) is 3.32. The number of carbonyl (C=O) groups is 1. The molecule has 1 aromatic carbocycles. The largest absolute Gasteiger partial charge is 0.399 e. The van der Waals surface area contributed by atoms with Crippen molar-refractivity contribution in [2.24, 2.45) is 0 Å². The molecule has 1 amide bonds. The van der Waals surface area contributed by atoms with E-state index in [1.807, 2.05) is 30.9 Å².